The Bertz CT molecular complexity index is 742. The fourth-order valence-electron chi connectivity index (χ4n) is 2.38. The van der Waals surface area contributed by atoms with Gasteiger partial charge in [-0.3, -0.25) is 4.57 Å². The standard InChI is InChI=1S/C17H20Cl2NO4P/c1-3-23-25(22,24-4-2)17(12-6-5-7-16(21)8-12)20-15-10-13(18)9-14(19)11-15/h5-11,17,20-21H,3-4H2,1-2H3/t17-/m0/s1. The lowest BCUT2D eigenvalue weighted by Gasteiger charge is -2.28. The summed E-state index contributed by atoms with van der Waals surface area (Å²) < 4.78 is 24.3. The Morgan fingerprint density at radius 3 is 2.20 bits per heavy atom. The van der Waals surface area contributed by atoms with Crippen LogP contribution in [0.25, 0.3) is 0 Å². The van der Waals surface area contributed by atoms with Crippen LogP contribution in [0.2, 0.25) is 10.0 Å². The lowest BCUT2D eigenvalue weighted by molar-refractivity contribution is 0.214. The first-order chi connectivity index (χ1) is 11.9. The normalized spacial score (nSPS) is 12.8. The second-order valence-electron chi connectivity index (χ2n) is 5.18. The van der Waals surface area contributed by atoms with Crippen molar-refractivity contribution < 1.29 is 18.7 Å². The number of aromatic hydroxyl groups is 1. The first-order valence-corrected chi connectivity index (χ1v) is 10.1. The number of nitrogens with one attached hydrogen (secondary N) is 1. The number of anilines is 1. The van der Waals surface area contributed by atoms with E-state index in [4.69, 9.17) is 32.2 Å². The van der Waals surface area contributed by atoms with Crippen molar-refractivity contribution in [2.45, 2.75) is 19.6 Å². The topological polar surface area (TPSA) is 67.8 Å². The molecule has 0 radical (unpaired) electrons. The Kier molecular flexibility index (Phi) is 7.17. The first kappa shape index (κ1) is 20.1. The predicted molar refractivity (Wildman–Crippen MR) is 102 cm³/mol. The summed E-state index contributed by atoms with van der Waals surface area (Å²) in [4.78, 5) is 0. The lowest BCUT2D eigenvalue weighted by Crippen LogP contribution is -2.15. The number of hydrogen-bond donors (Lipinski definition) is 2. The van der Waals surface area contributed by atoms with E-state index in [0.29, 0.717) is 21.3 Å². The van der Waals surface area contributed by atoms with Crippen molar-refractivity contribution in [3.05, 3.63) is 58.1 Å². The second-order valence-corrected chi connectivity index (χ2v) is 8.16. The van der Waals surface area contributed by atoms with Gasteiger partial charge < -0.3 is 19.5 Å². The summed E-state index contributed by atoms with van der Waals surface area (Å²) in [5, 5.41) is 13.8. The third kappa shape index (κ3) is 5.37. The van der Waals surface area contributed by atoms with Gasteiger partial charge in [-0.05, 0) is 49.7 Å². The van der Waals surface area contributed by atoms with Crippen molar-refractivity contribution in [2.75, 3.05) is 18.5 Å². The van der Waals surface area contributed by atoms with Crippen LogP contribution in [0.5, 0.6) is 5.75 Å². The summed E-state index contributed by atoms with van der Waals surface area (Å²) >= 11 is 12.1. The molecule has 136 valence electrons. The third-order valence-electron chi connectivity index (χ3n) is 3.29. The molecule has 2 N–H and O–H groups in total. The number of rotatable bonds is 8. The van der Waals surface area contributed by atoms with Crippen molar-refractivity contribution >= 4 is 36.5 Å². The minimum atomic E-state index is -3.58. The molecule has 0 aromatic heterocycles. The Labute approximate surface area is 157 Å². The summed E-state index contributed by atoms with van der Waals surface area (Å²) in [6.07, 6.45) is 0. The number of benzene rings is 2. The van der Waals surface area contributed by atoms with Crippen LogP contribution >= 0.6 is 30.8 Å². The maximum atomic E-state index is 13.3. The summed E-state index contributed by atoms with van der Waals surface area (Å²) in [5.41, 5.74) is 1.12. The molecule has 1 atom stereocenters. The van der Waals surface area contributed by atoms with Gasteiger partial charge in [-0.25, -0.2) is 0 Å². The largest absolute Gasteiger partial charge is 0.508 e. The third-order valence-corrected chi connectivity index (χ3v) is 6.02. The average molecular weight is 404 g/mol. The van der Waals surface area contributed by atoms with E-state index in [-0.39, 0.29) is 19.0 Å². The lowest BCUT2D eigenvalue weighted by atomic mass is 10.2. The number of halogens is 2. The van der Waals surface area contributed by atoms with Gasteiger partial charge in [0, 0.05) is 15.7 Å². The van der Waals surface area contributed by atoms with E-state index in [9.17, 15) is 9.67 Å². The van der Waals surface area contributed by atoms with Gasteiger partial charge in [0.25, 0.3) is 0 Å². The zero-order chi connectivity index (χ0) is 18.4. The van der Waals surface area contributed by atoms with Gasteiger partial charge in [-0.2, -0.15) is 0 Å². The Balaban J connectivity index is 2.49. The summed E-state index contributed by atoms with van der Waals surface area (Å²) in [5.74, 6) is -0.790. The monoisotopic (exact) mass is 403 g/mol. The average Bonchev–Trinajstić information content (AvgIpc) is 2.52. The highest BCUT2D eigenvalue weighted by atomic mass is 35.5. The van der Waals surface area contributed by atoms with Crippen molar-refractivity contribution in [3.63, 3.8) is 0 Å². The maximum Gasteiger partial charge on any atom is 0.357 e. The fraction of sp³-hybridized carbons (Fsp3) is 0.294. The highest BCUT2D eigenvalue weighted by molar-refractivity contribution is 7.54. The van der Waals surface area contributed by atoms with Crippen LogP contribution in [0.3, 0.4) is 0 Å². The molecule has 0 fully saturated rings. The van der Waals surface area contributed by atoms with Gasteiger partial charge in [-0.15, -0.1) is 0 Å². The highest BCUT2D eigenvalue weighted by Gasteiger charge is 2.37. The molecule has 0 amide bonds. The molecule has 2 aromatic rings. The Morgan fingerprint density at radius 2 is 1.68 bits per heavy atom. The first-order valence-electron chi connectivity index (χ1n) is 7.78. The zero-order valence-corrected chi connectivity index (χ0v) is 16.3. The van der Waals surface area contributed by atoms with Crippen LogP contribution in [0, 0.1) is 0 Å². The fourth-order valence-corrected chi connectivity index (χ4v) is 4.83. The second kappa shape index (κ2) is 8.93. The van der Waals surface area contributed by atoms with Crippen LogP contribution in [-0.4, -0.2) is 18.3 Å². The van der Waals surface area contributed by atoms with Crippen molar-refractivity contribution in [1.29, 1.82) is 0 Å². The van der Waals surface area contributed by atoms with Crippen molar-refractivity contribution in [1.82, 2.24) is 0 Å². The molecule has 25 heavy (non-hydrogen) atoms. The van der Waals surface area contributed by atoms with E-state index in [1.807, 2.05) is 0 Å². The molecule has 0 aliphatic carbocycles. The molecule has 0 heterocycles. The molecule has 0 unspecified atom stereocenters. The van der Waals surface area contributed by atoms with Gasteiger partial charge in [-0.1, -0.05) is 35.3 Å². The molecular formula is C17H20Cl2NO4P. The van der Waals surface area contributed by atoms with Crippen molar-refractivity contribution in [3.8, 4) is 5.75 Å². The van der Waals surface area contributed by atoms with E-state index in [1.165, 1.54) is 12.1 Å². The van der Waals surface area contributed by atoms with Crippen molar-refractivity contribution in [2.24, 2.45) is 0 Å². The van der Waals surface area contributed by atoms with Crippen LogP contribution < -0.4 is 5.32 Å². The summed E-state index contributed by atoms with van der Waals surface area (Å²) in [7, 11) is -3.58. The van der Waals surface area contributed by atoms with E-state index >= 15 is 0 Å². The van der Waals surface area contributed by atoms with Crippen LogP contribution in [0.4, 0.5) is 5.69 Å². The van der Waals surface area contributed by atoms with Gasteiger partial charge in [0.2, 0.25) is 0 Å². The summed E-state index contributed by atoms with van der Waals surface area (Å²) in [6.45, 7) is 3.90. The molecule has 0 aliphatic rings. The maximum absolute atomic E-state index is 13.3. The summed E-state index contributed by atoms with van der Waals surface area (Å²) in [6, 6.07) is 11.3. The van der Waals surface area contributed by atoms with Gasteiger partial charge >= 0.3 is 7.60 Å². The van der Waals surface area contributed by atoms with E-state index in [2.05, 4.69) is 5.32 Å². The van der Waals surface area contributed by atoms with E-state index in [1.54, 1.807) is 44.2 Å². The van der Waals surface area contributed by atoms with E-state index < -0.39 is 13.4 Å². The molecule has 8 heteroatoms. The predicted octanol–water partition coefficient (Wildman–Crippen LogP) is 6.08. The van der Waals surface area contributed by atoms with E-state index in [0.717, 1.165) is 0 Å². The quantitative estimate of drug-likeness (QED) is 0.523. The van der Waals surface area contributed by atoms with Crippen LogP contribution in [0.15, 0.2) is 42.5 Å². The van der Waals surface area contributed by atoms with Gasteiger partial charge in [0.1, 0.15) is 5.75 Å². The molecule has 0 saturated heterocycles. The Hall–Kier alpha value is -1.23. The van der Waals surface area contributed by atoms with Crippen LogP contribution in [-0.2, 0) is 13.6 Å². The zero-order valence-electron chi connectivity index (χ0n) is 13.9. The number of phenolic OH excluding ortho intramolecular Hbond substituents is 1. The molecule has 0 aliphatic heterocycles. The molecule has 0 bridgehead atoms. The van der Waals surface area contributed by atoms with Crippen LogP contribution in [0.1, 0.15) is 25.2 Å². The Morgan fingerprint density at radius 1 is 1.08 bits per heavy atom. The molecule has 0 spiro atoms. The molecule has 2 aromatic carbocycles. The van der Waals surface area contributed by atoms with Gasteiger partial charge in [0.05, 0.1) is 13.2 Å². The minimum Gasteiger partial charge on any atom is -0.508 e. The molecule has 0 saturated carbocycles. The molecule has 2 rings (SSSR count). The molecule has 5 nitrogen and oxygen atoms in total. The molecular weight excluding hydrogens is 384 g/mol. The smallest absolute Gasteiger partial charge is 0.357 e. The highest BCUT2D eigenvalue weighted by Crippen LogP contribution is 2.61. The minimum absolute atomic E-state index is 0.0490. The SMILES string of the molecule is CCOP(=O)(OCC)[C@H](Nc1cc(Cl)cc(Cl)c1)c1cccc(O)c1. The number of phenols is 1. The number of hydrogen-bond acceptors (Lipinski definition) is 5. The van der Waals surface area contributed by atoms with Gasteiger partial charge in [0.15, 0.2) is 5.78 Å².